The van der Waals surface area contributed by atoms with Crippen molar-refractivity contribution in [1.29, 1.82) is 0 Å². The van der Waals surface area contributed by atoms with E-state index in [9.17, 15) is 0 Å². The third kappa shape index (κ3) is 3.68. The van der Waals surface area contributed by atoms with E-state index in [0.717, 1.165) is 16.6 Å². The predicted octanol–water partition coefficient (Wildman–Crippen LogP) is 2.81. The highest BCUT2D eigenvalue weighted by Gasteiger charge is 2.04. The Kier molecular flexibility index (Phi) is 4.98. The molecule has 0 aromatic heterocycles. The van der Waals surface area contributed by atoms with Crippen molar-refractivity contribution in [2.45, 2.75) is 13.3 Å². The molecule has 0 bridgehead atoms. The lowest BCUT2D eigenvalue weighted by Crippen LogP contribution is -2.20. The summed E-state index contributed by atoms with van der Waals surface area (Å²) in [5.41, 5.74) is 5.59. The SMILES string of the molecule is CCC(CN)COc1cccc(Br)c1. The van der Waals surface area contributed by atoms with Gasteiger partial charge in [0, 0.05) is 10.4 Å². The Hall–Kier alpha value is -0.540. The molecule has 1 unspecified atom stereocenters. The van der Waals surface area contributed by atoms with E-state index in [-0.39, 0.29) is 0 Å². The number of halogens is 1. The third-order valence-corrected chi connectivity index (χ3v) is 2.69. The monoisotopic (exact) mass is 257 g/mol. The largest absolute Gasteiger partial charge is 0.493 e. The summed E-state index contributed by atoms with van der Waals surface area (Å²) < 4.78 is 6.66. The molecule has 1 aromatic rings. The van der Waals surface area contributed by atoms with Crippen LogP contribution in [0, 0.1) is 5.92 Å². The summed E-state index contributed by atoms with van der Waals surface area (Å²) >= 11 is 3.40. The van der Waals surface area contributed by atoms with Crippen molar-refractivity contribution in [1.82, 2.24) is 0 Å². The first-order chi connectivity index (χ1) is 6.76. The Morgan fingerprint density at radius 3 is 2.86 bits per heavy atom. The van der Waals surface area contributed by atoms with E-state index in [2.05, 4.69) is 22.9 Å². The zero-order chi connectivity index (χ0) is 10.4. The second-order valence-corrected chi connectivity index (χ2v) is 4.19. The molecule has 0 fully saturated rings. The maximum atomic E-state index is 5.62. The van der Waals surface area contributed by atoms with E-state index in [1.165, 1.54) is 0 Å². The number of hydrogen-bond donors (Lipinski definition) is 1. The van der Waals surface area contributed by atoms with E-state index in [0.29, 0.717) is 19.1 Å². The fourth-order valence-corrected chi connectivity index (χ4v) is 1.50. The molecular weight excluding hydrogens is 242 g/mol. The normalized spacial score (nSPS) is 12.5. The average Bonchev–Trinajstić information content (AvgIpc) is 2.19. The Balaban J connectivity index is 2.44. The Morgan fingerprint density at radius 1 is 1.50 bits per heavy atom. The van der Waals surface area contributed by atoms with E-state index >= 15 is 0 Å². The van der Waals surface area contributed by atoms with Crippen molar-refractivity contribution >= 4 is 15.9 Å². The maximum Gasteiger partial charge on any atom is 0.120 e. The number of ether oxygens (including phenoxy) is 1. The van der Waals surface area contributed by atoms with Crippen molar-refractivity contribution < 1.29 is 4.74 Å². The van der Waals surface area contributed by atoms with Crippen LogP contribution in [-0.4, -0.2) is 13.2 Å². The molecule has 2 nitrogen and oxygen atoms in total. The lowest BCUT2D eigenvalue weighted by molar-refractivity contribution is 0.248. The van der Waals surface area contributed by atoms with Gasteiger partial charge < -0.3 is 10.5 Å². The lowest BCUT2D eigenvalue weighted by atomic mass is 10.1. The van der Waals surface area contributed by atoms with Gasteiger partial charge in [0.1, 0.15) is 5.75 Å². The first-order valence-electron chi connectivity index (χ1n) is 4.84. The van der Waals surface area contributed by atoms with Crippen LogP contribution in [0.25, 0.3) is 0 Å². The molecule has 0 saturated carbocycles. The third-order valence-electron chi connectivity index (χ3n) is 2.19. The van der Waals surface area contributed by atoms with Gasteiger partial charge in [-0.05, 0) is 31.2 Å². The number of nitrogens with two attached hydrogens (primary N) is 1. The summed E-state index contributed by atoms with van der Waals surface area (Å²) in [6.07, 6.45) is 1.06. The molecule has 3 heteroatoms. The topological polar surface area (TPSA) is 35.2 Å². The van der Waals surface area contributed by atoms with Gasteiger partial charge >= 0.3 is 0 Å². The molecule has 1 aromatic carbocycles. The van der Waals surface area contributed by atoms with Gasteiger partial charge in [0.25, 0.3) is 0 Å². The van der Waals surface area contributed by atoms with Crippen LogP contribution in [0.1, 0.15) is 13.3 Å². The van der Waals surface area contributed by atoms with Crippen LogP contribution in [-0.2, 0) is 0 Å². The van der Waals surface area contributed by atoms with E-state index in [1.807, 2.05) is 24.3 Å². The molecule has 14 heavy (non-hydrogen) atoms. The summed E-state index contributed by atoms with van der Waals surface area (Å²) in [7, 11) is 0. The Bertz CT molecular complexity index is 274. The van der Waals surface area contributed by atoms with Crippen LogP contribution < -0.4 is 10.5 Å². The molecule has 0 amide bonds. The smallest absolute Gasteiger partial charge is 0.120 e. The van der Waals surface area contributed by atoms with Gasteiger partial charge in [0.15, 0.2) is 0 Å². The van der Waals surface area contributed by atoms with Gasteiger partial charge in [0.05, 0.1) is 6.61 Å². The highest BCUT2D eigenvalue weighted by Crippen LogP contribution is 2.18. The molecular formula is C11H16BrNO. The second kappa shape index (κ2) is 6.04. The molecule has 0 aliphatic rings. The number of rotatable bonds is 5. The summed E-state index contributed by atoms with van der Waals surface area (Å²) in [5.74, 6) is 1.35. The van der Waals surface area contributed by atoms with E-state index < -0.39 is 0 Å². The summed E-state index contributed by atoms with van der Waals surface area (Å²) in [6.45, 7) is 3.51. The van der Waals surface area contributed by atoms with Gasteiger partial charge in [-0.25, -0.2) is 0 Å². The molecule has 0 aliphatic carbocycles. The fourth-order valence-electron chi connectivity index (χ4n) is 1.12. The molecule has 2 N–H and O–H groups in total. The summed E-state index contributed by atoms with van der Waals surface area (Å²) in [6, 6.07) is 7.85. The van der Waals surface area contributed by atoms with Crippen molar-refractivity contribution in [3.05, 3.63) is 28.7 Å². The van der Waals surface area contributed by atoms with Crippen LogP contribution in [0.15, 0.2) is 28.7 Å². The van der Waals surface area contributed by atoms with Crippen molar-refractivity contribution in [3.63, 3.8) is 0 Å². The van der Waals surface area contributed by atoms with Crippen LogP contribution in [0.4, 0.5) is 0 Å². The number of benzene rings is 1. The zero-order valence-corrected chi connectivity index (χ0v) is 9.96. The second-order valence-electron chi connectivity index (χ2n) is 3.28. The minimum Gasteiger partial charge on any atom is -0.493 e. The maximum absolute atomic E-state index is 5.62. The van der Waals surface area contributed by atoms with Gasteiger partial charge in [-0.1, -0.05) is 28.9 Å². The first kappa shape index (κ1) is 11.5. The minimum atomic E-state index is 0.453. The molecule has 1 atom stereocenters. The zero-order valence-electron chi connectivity index (χ0n) is 8.37. The van der Waals surface area contributed by atoms with Gasteiger partial charge in [0.2, 0.25) is 0 Å². The van der Waals surface area contributed by atoms with Crippen LogP contribution in [0.3, 0.4) is 0 Å². The standard InChI is InChI=1S/C11H16BrNO/c1-2-9(7-13)8-14-11-5-3-4-10(12)6-11/h3-6,9H,2,7-8,13H2,1H3. The van der Waals surface area contributed by atoms with Crippen molar-refractivity contribution in [3.8, 4) is 5.75 Å². The summed E-state index contributed by atoms with van der Waals surface area (Å²) in [4.78, 5) is 0. The molecule has 78 valence electrons. The quantitative estimate of drug-likeness (QED) is 0.881. The first-order valence-corrected chi connectivity index (χ1v) is 5.64. The molecule has 1 rings (SSSR count). The highest BCUT2D eigenvalue weighted by atomic mass is 79.9. The molecule has 0 aliphatic heterocycles. The van der Waals surface area contributed by atoms with Gasteiger partial charge in [-0.2, -0.15) is 0 Å². The Morgan fingerprint density at radius 2 is 2.29 bits per heavy atom. The van der Waals surface area contributed by atoms with Crippen molar-refractivity contribution in [2.75, 3.05) is 13.2 Å². The fraction of sp³-hybridized carbons (Fsp3) is 0.455. The van der Waals surface area contributed by atoms with Crippen LogP contribution in [0.5, 0.6) is 5.75 Å². The highest BCUT2D eigenvalue weighted by molar-refractivity contribution is 9.10. The average molecular weight is 258 g/mol. The number of hydrogen-bond acceptors (Lipinski definition) is 2. The molecule has 0 saturated heterocycles. The van der Waals surface area contributed by atoms with Gasteiger partial charge in [-0.15, -0.1) is 0 Å². The Labute approximate surface area is 93.6 Å². The van der Waals surface area contributed by atoms with Crippen LogP contribution in [0.2, 0.25) is 0 Å². The molecule has 0 heterocycles. The van der Waals surface area contributed by atoms with E-state index in [4.69, 9.17) is 10.5 Å². The minimum absolute atomic E-state index is 0.453. The lowest BCUT2D eigenvalue weighted by Gasteiger charge is -2.13. The van der Waals surface area contributed by atoms with Crippen molar-refractivity contribution in [2.24, 2.45) is 11.7 Å². The summed E-state index contributed by atoms with van der Waals surface area (Å²) in [5, 5.41) is 0. The van der Waals surface area contributed by atoms with Gasteiger partial charge in [-0.3, -0.25) is 0 Å². The molecule has 0 radical (unpaired) electrons. The van der Waals surface area contributed by atoms with E-state index in [1.54, 1.807) is 0 Å². The molecule has 0 spiro atoms. The van der Waals surface area contributed by atoms with Crippen LogP contribution >= 0.6 is 15.9 Å². The predicted molar refractivity (Wildman–Crippen MR) is 62.5 cm³/mol.